The summed E-state index contributed by atoms with van der Waals surface area (Å²) in [6, 6.07) is 15.3. The van der Waals surface area contributed by atoms with Crippen LogP contribution in [-0.2, 0) is 4.79 Å². The third kappa shape index (κ3) is 6.09. The van der Waals surface area contributed by atoms with Crippen molar-refractivity contribution in [1.82, 2.24) is 10.8 Å². The number of amides is 2. The second kappa shape index (κ2) is 10.3. The Morgan fingerprint density at radius 2 is 1.67 bits per heavy atom. The van der Waals surface area contributed by atoms with Crippen LogP contribution in [0.1, 0.15) is 30.1 Å². The number of benzene rings is 2. The fourth-order valence-corrected chi connectivity index (χ4v) is 2.64. The lowest BCUT2D eigenvalue weighted by atomic mass is 9.96. The van der Waals surface area contributed by atoms with E-state index in [-0.39, 0.29) is 18.9 Å². The molecule has 0 aliphatic rings. The number of aliphatic hydroxyl groups is 1. The highest BCUT2D eigenvalue weighted by molar-refractivity contribution is 5.94. The summed E-state index contributed by atoms with van der Waals surface area (Å²) in [5, 5.41) is 21.0. The third-order valence-corrected chi connectivity index (χ3v) is 4.19. The van der Waals surface area contributed by atoms with Gasteiger partial charge >= 0.3 is 0 Å². The van der Waals surface area contributed by atoms with Crippen LogP contribution < -0.4 is 15.5 Å². The SMILES string of the molecule is CC[C@@H](C[C@@H](CO)NC(=O)c1ccc(Oc2ccccc2)cc1)C(=O)NO. The molecule has 144 valence electrons. The minimum absolute atomic E-state index is 0.223. The van der Waals surface area contributed by atoms with Crippen LogP contribution in [-0.4, -0.2) is 34.8 Å². The van der Waals surface area contributed by atoms with Crippen LogP contribution in [0.5, 0.6) is 11.5 Å². The van der Waals surface area contributed by atoms with Gasteiger partial charge in [-0.3, -0.25) is 14.8 Å². The summed E-state index contributed by atoms with van der Waals surface area (Å²) in [5.41, 5.74) is 2.02. The molecule has 0 unspecified atom stereocenters. The maximum atomic E-state index is 12.4. The second-order valence-corrected chi connectivity index (χ2v) is 6.11. The van der Waals surface area contributed by atoms with Crippen molar-refractivity contribution in [2.24, 2.45) is 5.92 Å². The van der Waals surface area contributed by atoms with Gasteiger partial charge < -0.3 is 15.2 Å². The monoisotopic (exact) mass is 372 g/mol. The summed E-state index contributed by atoms with van der Waals surface area (Å²) in [5.74, 6) is -0.105. The lowest BCUT2D eigenvalue weighted by Crippen LogP contribution is -2.41. The maximum Gasteiger partial charge on any atom is 0.251 e. The smallest absolute Gasteiger partial charge is 0.251 e. The number of aliphatic hydroxyl groups excluding tert-OH is 1. The lowest BCUT2D eigenvalue weighted by molar-refractivity contribution is -0.134. The van der Waals surface area contributed by atoms with Crippen LogP contribution in [0.3, 0.4) is 0 Å². The molecule has 0 heterocycles. The lowest BCUT2D eigenvalue weighted by Gasteiger charge is -2.21. The Morgan fingerprint density at radius 3 is 2.22 bits per heavy atom. The predicted molar refractivity (Wildman–Crippen MR) is 99.6 cm³/mol. The number of hydrogen-bond acceptors (Lipinski definition) is 5. The molecule has 0 bridgehead atoms. The van der Waals surface area contributed by atoms with Crippen LogP contribution in [0.15, 0.2) is 54.6 Å². The van der Waals surface area contributed by atoms with E-state index in [0.717, 1.165) is 0 Å². The molecule has 0 spiro atoms. The van der Waals surface area contributed by atoms with Crippen molar-refractivity contribution >= 4 is 11.8 Å². The van der Waals surface area contributed by atoms with E-state index in [1.807, 2.05) is 30.3 Å². The first-order valence-electron chi connectivity index (χ1n) is 8.76. The van der Waals surface area contributed by atoms with Crippen molar-refractivity contribution in [3.8, 4) is 11.5 Å². The summed E-state index contributed by atoms with van der Waals surface area (Å²) in [7, 11) is 0. The van der Waals surface area contributed by atoms with Crippen LogP contribution >= 0.6 is 0 Å². The quantitative estimate of drug-likeness (QED) is 0.400. The first kappa shape index (κ1) is 20.4. The Bertz CT molecular complexity index is 734. The molecular formula is C20H24N2O5. The normalized spacial score (nSPS) is 12.7. The van der Waals surface area contributed by atoms with Gasteiger partial charge in [0.1, 0.15) is 11.5 Å². The highest BCUT2D eigenvalue weighted by atomic mass is 16.5. The van der Waals surface area contributed by atoms with E-state index in [0.29, 0.717) is 23.5 Å². The zero-order chi connectivity index (χ0) is 19.6. The molecule has 27 heavy (non-hydrogen) atoms. The average molecular weight is 372 g/mol. The van der Waals surface area contributed by atoms with Crippen LogP contribution in [0.4, 0.5) is 0 Å². The van der Waals surface area contributed by atoms with Crippen molar-refractivity contribution in [2.45, 2.75) is 25.8 Å². The average Bonchev–Trinajstić information content (AvgIpc) is 2.71. The van der Waals surface area contributed by atoms with Gasteiger partial charge in [-0.1, -0.05) is 25.1 Å². The van der Waals surface area contributed by atoms with Crippen molar-refractivity contribution in [1.29, 1.82) is 0 Å². The Kier molecular flexibility index (Phi) is 7.79. The number of ether oxygens (including phenoxy) is 1. The molecule has 2 rings (SSSR count). The van der Waals surface area contributed by atoms with Crippen molar-refractivity contribution < 1.29 is 24.6 Å². The Hall–Kier alpha value is -2.90. The molecule has 7 heteroatoms. The number of nitrogens with one attached hydrogen (secondary N) is 2. The van der Waals surface area contributed by atoms with E-state index in [1.54, 1.807) is 36.7 Å². The first-order valence-corrected chi connectivity index (χ1v) is 8.76. The fraction of sp³-hybridized carbons (Fsp3) is 0.300. The van der Waals surface area contributed by atoms with E-state index in [1.165, 1.54) is 0 Å². The number of hydroxylamine groups is 1. The number of para-hydroxylation sites is 1. The number of carbonyl (C=O) groups is 2. The Balaban J connectivity index is 1.96. The molecule has 0 aliphatic carbocycles. The van der Waals surface area contributed by atoms with Gasteiger partial charge in [-0.05, 0) is 49.2 Å². The highest BCUT2D eigenvalue weighted by Crippen LogP contribution is 2.21. The summed E-state index contributed by atoms with van der Waals surface area (Å²) >= 11 is 0. The molecule has 2 aromatic carbocycles. The Morgan fingerprint density at radius 1 is 1.04 bits per heavy atom. The third-order valence-electron chi connectivity index (χ3n) is 4.19. The van der Waals surface area contributed by atoms with Crippen molar-refractivity contribution in [2.75, 3.05) is 6.61 Å². The maximum absolute atomic E-state index is 12.4. The zero-order valence-corrected chi connectivity index (χ0v) is 15.1. The van der Waals surface area contributed by atoms with E-state index in [9.17, 15) is 14.7 Å². The summed E-state index contributed by atoms with van der Waals surface area (Å²) in [4.78, 5) is 23.9. The van der Waals surface area contributed by atoms with Gasteiger partial charge in [0.05, 0.1) is 12.6 Å². The predicted octanol–water partition coefficient (Wildman–Crippen LogP) is 2.49. The van der Waals surface area contributed by atoms with E-state index < -0.39 is 17.9 Å². The number of carbonyl (C=O) groups excluding carboxylic acids is 2. The van der Waals surface area contributed by atoms with E-state index in [2.05, 4.69) is 5.32 Å². The summed E-state index contributed by atoms with van der Waals surface area (Å²) in [6.45, 7) is 1.48. The fourth-order valence-electron chi connectivity index (χ4n) is 2.64. The second-order valence-electron chi connectivity index (χ2n) is 6.11. The van der Waals surface area contributed by atoms with Gasteiger partial charge in [-0.2, -0.15) is 0 Å². The van der Waals surface area contributed by atoms with E-state index in [4.69, 9.17) is 9.94 Å². The Labute approximate surface area is 157 Å². The summed E-state index contributed by atoms with van der Waals surface area (Å²) in [6.07, 6.45) is 0.699. The molecule has 4 N–H and O–H groups in total. The molecule has 0 saturated heterocycles. The van der Waals surface area contributed by atoms with Crippen LogP contribution in [0.25, 0.3) is 0 Å². The number of rotatable bonds is 9. The van der Waals surface area contributed by atoms with Gasteiger partial charge in [0.2, 0.25) is 5.91 Å². The molecule has 2 amide bonds. The van der Waals surface area contributed by atoms with Crippen LogP contribution in [0.2, 0.25) is 0 Å². The molecule has 0 aliphatic heterocycles. The largest absolute Gasteiger partial charge is 0.457 e. The molecular weight excluding hydrogens is 348 g/mol. The molecule has 0 fully saturated rings. The van der Waals surface area contributed by atoms with Gasteiger partial charge in [0.25, 0.3) is 5.91 Å². The number of hydrogen-bond donors (Lipinski definition) is 4. The zero-order valence-electron chi connectivity index (χ0n) is 15.1. The van der Waals surface area contributed by atoms with Crippen molar-refractivity contribution in [3.05, 3.63) is 60.2 Å². The van der Waals surface area contributed by atoms with Gasteiger partial charge in [0.15, 0.2) is 0 Å². The molecule has 0 aromatic heterocycles. The summed E-state index contributed by atoms with van der Waals surface area (Å²) < 4.78 is 5.68. The molecule has 0 radical (unpaired) electrons. The minimum Gasteiger partial charge on any atom is -0.457 e. The minimum atomic E-state index is -0.597. The molecule has 0 saturated carbocycles. The molecule has 2 atom stereocenters. The van der Waals surface area contributed by atoms with Gasteiger partial charge in [0, 0.05) is 11.5 Å². The van der Waals surface area contributed by atoms with Gasteiger partial charge in [-0.15, -0.1) is 0 Å². The standard InChI is InChI=1S/C20H24N2O5/c1-2-14(20(25)22-26)12-16(13-23)21-19(24)15-8-10-18(11-9-15)27-17-6-4-3-5-7-17/h3-11,14,16,23,26H,2,12-13H2,1H3,(H,21,24)(H,22,25)/t14-,16-/m0/s1. The van der Waals surface area contributed by atoms with Crippen molar-refractivity contribution in [3.63, 3.8) is 0 Å². The topological polar surface area (TPSA) is 108 Å². The molecule has 2 aromatic rings. The van der Waals surface area contributed by atoms with E-state index >= 15 is 0 Å². The first-order chi connectivity index (χ1) is 13.1. The van der Waals surface area contributed by atoms with Gasteiger partial charge in [-0.25, -0.2) is 5.48 Å². The highest BCUT2D eigenvalue weighted by Gasteiger charge is 2.22. The molecule has 7 nitrogen and oxygen atoms in total. The van der Waals surface area contributed by atoms with Crippen LogP contribution in [0, 0.1) is 5.92 Å².